The average molecular weight is 250 g/mol. The van der Waals surface area contributed by atoms with Crippen LogP contribution < -0.4 is 11.2 Å². The van der Waals surface area contributed by atoms with Crippen LogP contribution in [0.15, 0.2) is 29.5 Å². The van der Waals surface area contributed by atoms with Crippen LogP contribution in [0, 0.1) is 11.6 Å². The number of nitrogens with two attached hydrogens (primary N) is 1. The van der Waals surface area contributed by atoms with Gasteiger partial charge in [-0.2, -0.15) is 5.10 Å². The lowest BCUT2D eigenvalue weighted by Crippen LogP contribution is -2.24. The summed E-state index contributed by atoms with van der Waals surface area (Å²) in [4.78, 5) is 14.2. The number of hydrogen-bond acceptors (Lipinski definition) is 3. The van der Waals surface area contributed by atoms with Crippen molar-refractivity contribution < 1.29 is 13.6 Å². The van der Waals surface area contributed by atoms with E-state index < -0.39 is 17.7 Å². The molecule has 2 rings (SSSR count). The minimum atomic E-state index is -0.922. The number of primary amides is 1. The van der Waals surface area contributed by atoms with Gasteiger partial charge in [0, 0.05) is 17.6 Å². The van der Waals surface area contributed by atoms with Crippen LogP contribution in [-0.4, -0.2) is 17.2 Å². The van der Waals surface area contributed by atoms with E-state index in [-0.39, 0.29) is 16.5 Å². The van der Waals surface area contributed by atoms with Gasteiger partial charge in [0.2, 0.25) is 0 Å². The van der Waals surface area contributed by atoms with Crippen molar-refractivity contribution in [1.29, 1.82) is 0 Å². The van der Waals surface area contributed by atoms with E-state index in [9.17, 15) is 13.6 Å². The van der Waals surface area contributed by atoms with Crippen LogP contribution in [0.1, 0.15) is 5.56 Å². The first-order valence-corrected chi connectivity index (χ1v) is 4.91. The van der Waals surface area contributed by atoms with Gasteiger partial charge in [-0.05, 0) is 12.1 Å². The first-order chi connectivity index (χ1) is 8.59. The largest absolute Gasteiger partial charge is 0.350 e. The number of carbonyl (C=O) groups excluding carboxylic acids is 1. The summed E-state index contributed by atoms with van der Waals surface area (Å²) in [5.41, 5.74) is 6.45. The van der Waals surface area contributed by atoms with E-state index >= 15 is 0 Å². The lowest BCUT2D eigenvalue weighted by atomic mass is 10.1. The lowest BCUT2D eigenvalue weighted by molar-refractivity contribution is 0.249. The van der Waals surface area contributed by atoms with Crippen molar-refractivity contribution in [1.82, 2.24) is 10.4 Å². The monoisotopic (exact) mass is 250 g/mol. The molecule has 5 nitrogen and oxygen atoms in total. The molecule has 1 aromatic heterocycles. The highest BCUT2D eigenvalue weighted by Crippen LogP contribution is 2.21. The molecule has 1 aromatic carbocycles. The Morgan fingerprint density at radius 1 is 1.50 bits per heavy atom. The molecule has 0 saturated heterocycles. The van der Waals surface area contributed by atoms with Gasteiger partial charge in [0.05, 0.1) is 17.3 Å². The number of rotatable bonds is 2. The zero-order chi connectivity index (χ0) is 13.1. The zero-order valence-electron chi connectivity index (χ0n) is 9.02. The number of pyridine rings is 1. The number of fused-ring (bicyclic) bond motifs is 1. The molecule has 0 radical (unpaired) electrons. The number of nitrogens with one attached hydrogen (secondary N) is 1. The molecule has 2 amide bonds. The minimum Gasteiger partial charge on any atom is -0.350 e. The number of aromatic nitrogens is 1. The Labute approximate surface area is 100 Å². The Hall–Kier alpha value is -2.57. The molecule has 1 heterocycles. The Morgan fingerprint density at radius 2 is 2.28 bits per heavy atom. The van der Waals surface area contributed by atoms with Gasteiger partial charge in [0.1, 0.15) is 11.6 Å². The normalized spacial score (nSPS) is 11.0. The van der Waals surface area contributed by atoms with Crippen LogP contribution >= 0.6 is 0 Å². The molecule has 0 atom stereocenters. The van der Waals surface area contributed by atoms with Crippen molar-refractivity contribution in [3.63, 3.8) is 0 Å². The molecule has 0 saturated carbocycles. The standard InChI is InChI=1S/C11H8F2N4O/c12-8-4-9-6(2-1-3-15-9)10(13)7(8)5-16-17-11(14)18/h1-5H,(H3,14,17,18). The number of halogens is 2. The molecule has 92 valence electrons. The molecule has 0 aliphatic carbocycles. The average Bonchev–Trinajstić information content (AvgIpc) is 2.33. The fourth-order valence-corrected chi connectivity index (χ4v) is 1.44. The summed E-state index contributed by atoms with van der Waals surface area (Å²) >= 11 is 0. The van der Waals surface area contributed by atoms with E-state index in [0.29, 0.717) is 0 Å². The van der Waals surface area contributed by atoms with E-state index in [1.165, 1.54) is 18.3 Å². The van der Waals surface area contributed by atoms with Gasteiger partial charge < -0.3 is 5.73 Å². The quantitative estimate of drug-likeness (QED) is 0.625. The molecule has 0 fully saturated rings. The minimum absolute atomic E-state index is 0.166. The van der Waals surface area contributed by atoms with Crippen molar-refractivity contribution in [3.8, 4) is 0 Å². The first kappa shape index (κ1) is 11.9. The Kier molecular flexibility index (Phi) is 3.13. The van der Waals surface area contributed by atoms with E-state index in [2.05, 4.69) is 10.1 Å². The summed E-state index contributed by atoms with van der Waals surface area (Å²) < 4.78 is 27.5. The second kappa shape index (κ2) is 4.74. The Morgan fingerprint density at radius 3 is 3.00 bits per heavy atom. The lowest BCUT2D eigenvalue weighted by Gasteiger charge is -2.03. The van der Waals surface area contributed by atoms with Gasteiger partial charge in [-0.15, -0.1) is 0 Å². The number of amides is 2. The van der Waals surface area contributed by atoms with Crippen molar-refractivity contribution in [2.24, 2.45) is 10.8 Å². The fraction of sp³-hybridized carbons (Fsp3) is 0. The molecule has 0 unspecified atom stereocenters. The van der Waals surface area contributed by atoms with Gasteiger partial charge in [-0.25, -0.2) is 19.0 Å². The third-order valence-corrected chi connectivity index (χ3v) is 2.20. The maximum atomic E-state index is 13.9. The third kappa shape index (κ3) is 2.24. The summed E-state index contributed by atoms with van der Waals surface area (Å²) in [5.74, 6) is -1.62. The summed E-state index contributed by atoms with van der Waals surface area (Å²) in [5, 5.41) is 3.49. The molecule has 7 heteroatoms. The highest BCUT2D eigenvalue weighted by molar-refractivity contribution is 5.90. The number of hydrazone groups is 1. The van der Waals surface area contributed by atoms with Gasteiger partial charge >= 0.3 is 6.03 Å². The summed E-state index contributed by atoms with van der Waals surface area (Å²) in [6.07, 6.45) is 2.28. The molecule has 2 aromatic rings. The molecule has 0 spiro atoms. The maximum absolute atomic E-state index is 13.9. The molecule has 0 bridgehead atoms. The number of nitrogens with zero attached hydrogens (tertiary/aromatic N) is 2. The van der Waals surface area contributed by atoms with E-state index in [1.807, 2.05) is 5.43 Å². The highest BCUT2D eigenvalue weighted by Gasteiger charge is 2.12. The molecule has 3 N–H and O–H groups in total. The van der Waals surface area contributed by atoms with Crippen molar-refractivity contribution in [2.75, 3.05) is 0 Å². The van der Waals surface area contributed by atoms with E-state index in [4.69, 9.17) is 5.73 Å². The molecular formula is C11H8F2N4O. The maximum Gasteiger partial charge on any atom is 0.332 e. The van der Waals surface area contributed by atoms with Crippen molar-refractivity contribution >= 4 is 23.1 Å². The summed E-state index contributed by atoms with van der Waals surface area (Å²) in [7, 11) is 0. The Balaban J connectivity index is 2.50. The summed E-state index contributed by atoms with van der Waals surface area (Å²) in [6, 6.07) is 3.17. The van der Waals surface area contributed by atoms with Crippen LogP contribution in [0.5, 0.6) is 0 Å². The third-order valence-electron chi connectivity index (χ3n) is 2.20. The van der Waals surface area contributed by atoms with Crippen LogP contribution in [0.25, 0.3) is 10.9 Å². The van der Waals surface area contributed by atoms with Crippen molar-refractivity contribution in [3.05, 3.63) is 41.6 Å². The zero-order valence-corrected chi connectivity index (χ0v) is 9.02. The predicted octanol–water partition coefficient (Wildman–Crippen LogP) is 1.52. The highest BCUT2D eigenvalue weighted by atomic mass is 19.1. The smallest absolute Gasteiger partial charge is 0.332 e. The SMILES string of the molecule is NC(=O)NN=Cc1c(F)cc2ncccc2c1F. The topological polar surface area (TPSA) is 80.4 Å². The molecule has 0 aliphatic rings. The first-order valence-electron chi connectivity index (χ1n) is 4.91. The van der Waals surface area contributed by atoms with Crippen LogP contribution in [0.2, 0.25) is 0 Å². The molecular weight excluding hydrogens is 242 g/mol. The number of carbonyl (C=O) groups is 1. The van der Waals surface area contributed by atoms with Crippen LogP contribution in [-0.2, 0) is 0 Å². The second-order valence-electron chi connectivity index (χ2n) is 3.39. The number of benzene rings is 1. The van der Waals surface area contributed by atoms with Gasteiger partial charge in [-0.1, -0.05) is 0 Å². The van der Waals surface area contributed by atoms with Crippen LogP contribution in [0.3, 0.4) is 0 Å². The number of hydrogen-bond donors (Lipinski definition) is 2. The van der Waals surface area contributed by atoms with Gasteiger partial charge in [0.15, 0.2) is 0 Å². The second-order valence-corrected chi connectivity index (χ2v) is 3.39. The predicted molar refractivity (Wildman–Crippen MR) is 62.0 cm³/mol. The molecule has 18 heavy (non-hydrogen) atoms. The van der Waals surface area contributed by atoms with Gasteiger partial charge in [-0.3, -0.25) is 4.98 Å². The Bertz CT molecular complexity index is 642. The van der Waals surface area contributed by atoms with Crippen LogP contribution in [0.4, 0.5) is 13.6 Å². The fourth-order valence-electron chi connectivity index (χ4n) is 1.44. The summed E-state index contributed by atoms with van der Waals surface area (Å²) in [6.45, 7) is 0. The van der Waals surface area contributed by atoms with E-state index in [1.54, 1.807) is 0 Å². The van der Waals surface area contributed by atoms with Crippen molar-refractivity contribution in [2.45, 2.75) is 0 Å². The number of urea groups is 1. The van der Waals surface area contributed by atoms with Gasteiger partial charge in [0.25, 0.3) is 0 Å². The molecule has 0 aliphatic heterocycles. The van der Waals surface area contributed by atoms with E-state index in [0.717, 1.165) is 12.3 Å².